The average molecular weight is 561 g/mol. The summed E-state index contributed by atoms with van der Waals surface area (Å²) in [5.74, 6) is 1.35. The molecule has 3 N–H and O–H groups in total. The second-order valence-electron chi connectivity index (χ2n) is 17.3. The maximum absolute atomic E-state index is 12.2. The first-order valence-corrected chi connectivity index (χ1v) is 16.7. The van der Waals surface area contributed by atoms with Gasteiger partial charge in [-0.25, -0.2) is 0 Å². The Balaban J connectivity index is 1.12. The molecule has 7 fully saturated rings. The van der Waals surface area contributed by atoms with Gasteiger partial charge in [0.15, 0.2) is 12.1 Å². The summed E-state index contributed by atoms with van der Waals surface area (Å²) in [4.78, 5) is 0. The van der Waals surface area contributed by atoms with Crippen molar-refractivity contribution in [2.75, 3.05) is 6.61 Å². The molecule has 40 heavy (non-hydrogen) atoms. The van der Waals surface area contributed by atoms with Crippen LogP contribution in [0, 0.1) is 51.2 Å². The normalized spacial score (nSPS) is 56.8. The molecule has 0 radical (unpaired) electrons. The van der Waals surface area contributed by atoms with Gasteiger partial charge in [0, 0.05) is 25.2 Å². The summed E-state index contributed by atoms with van der Waals surface area (Å²) in [7, 11) is 0. The summed E-state index contributed by atoms with van der Waals surface area (Å²) in [5, 5.41) is 32.9. The molecule has 5 aliphatic carbocycles. The predicted molar refractivity (Wildman–Crippen MR) is 152 cm³/mol. The second kappa shape index (κ2) is 8.91. The van der Waals surface area contributed by atoms with Gasteiger partial charge in [0.2, 0.25) is 0 Å². The van der Waals surface area contributed by atoms with Crippen LogP contribution in [0.25, 0.3) is 0 Å². The molecule has 0 aromatic rings. The van der Waals surface area contributed by atoms with Gasteiger partial charge in [0.1, 0.15) is 0 Å². The summed E-state index contributed by atoms with van der Waals surface area (Å²) in [6.45, 7) is 14.0. The first-order chi connectivity index (χ1) is 18.6. The smallest absolute Gasteiger partial charge is 0.169 e. The van der Waals surface area contributed by atoms with E-state index in [1.54, 1.807) is 0 Å². The highest BCUT2D eigenvalue weighted by Gasteiger charge is 2.82. The third-order valence-corrected chi connectivity index (χ3v) is 14.2. The number of fused-ring (bicyclic) bond motifs is 4. The highest BCUT2D eigenvalue weighted by atomic mass is 16.7. The standard InChI is InChI=1S/C34H56O6/c1-20-15-22(17-29(2,3)36)40-34(37)18-24-23-7-8-25-30(4,5)26(39-27-16-21(35)10-14-38-27)9-11-33(25)19-32(23,33)13-12-31(24,6)28(20)34/h20-28,35-37H,7-19H2,1-6H3/t20-,21+,22-,23+,24?,25?,26?,27+,28?,31+,32?,33?,34+/m1/s1. The summed E-state index contributed by atoms with van der Waals surface area (Å²) < 4.78 is 19.2. The van der Waals surface area contributed by atoms with Crippen LogP contribution < -0.4 is 0 Å². The number of aliphatic hydroxyl groups is 3. The van der Waals surface area contributed by atoms with Gasteiger partial charge >= 0.3 is 0 Å². The molecule has 0 bridgehead atoms. The van der Waals surface area contributed by atoms with E-state index in [4.69, 9.17) is 14.2 Å². The molecular weight excluding hydrogens is 504 g/mol. The summed E-state index contributed by atoms with van der Waals surface area (Å²) >= 11 is 0. The quantitative estimate of drug-likeness (QED) is 0.377. The molecule has 0 aromatic heterocycles. The minimum absolute atomic E-state index is 0.0812. The number of rotatable bonds is 4. The van der Waals surface area contributed by atoms with Crippen LogP contribution in [0.5, 0.6) is 0 Å². The van der Waals surface area contributed by atoms with Gasteiger partial charge in [-0.2, -0.15) is 0 Å². The Bertz CT molecular complexity index is 1010. The zero-order chi connectivity index (χ0) is 28.5. The van der Waals surface area contributed by atoms with E-state index in [0.717, 1.165) is 19.3 Å². The van der Waals surface area contributed by atoms with Crippen LogP contribution in [0.15, 0.2) is 0 Å². The minimum Gasteiger partial charge on any atom is -0.393 e. The number of aliphatic hydroxyl groups excluding tert-OH is 1. The minimum atomic E-state index is -1.06. The van der Waals surface area contributed by atoms with E-state index in [9.17, 15) is 15.3 Å². The fraction of sp³-hybridized carbons (Fsp3) is 1.00. The van der Waals surface area contributed by atoms with Gasteiger partial charge in [-0.3, -0.25) is 0 Å². The topological polar surface area (TPSA) is 88.4 Å². The van der Waals surface area contributed by atoms with Crippen molar-refractivity contribution in [3.63, 3.8) is 0 Å². The maximum atomic E-state index is 12.2. The Morgan fingerprint density at radius 3 is 2.45 bits per heavy atom. The molecule has 2 saturated heterocycles. The van der Waals surface area contributed by atoms with Crippen molar-refractivity contribution in [1.82, 2.24) is 0 Å². The van der Waals surface area contributed by atoms with Crippen molar-refractivity contribution >= 4 is 0 Å². The molecule has 6 nitrogen and oxygen atoms in total. The Labute approximate surface area is 241 Å². The lowest BCUT2D eigenvalue weighted by Gasteiger charge is -2.60. The maximum Gasteiger partial charge on any atom is 0.169 e. The van der Waals surface area contributed by atoms with E-state index in [2.05, 4.69) is 27.7 Å². The summed E-state index contributed by atoms with van der Waals surface area (Å²) in [6, 6.07) is 0. The van der Waals surface area contributed by atoms with E-state index in [1.807, 2.05) is 13.8 Å². The molecule has 6 heteroatoms. The number of ether oxygens (including phenoxy) is 3. The Hall–Kier alpha value is -0.240. The van der Waals surface area contributed by atoms with Gasteiger partial charge in [-0.15, -0.1) is 0 Å². The van der Waals surface area contributed by atoms with E-state index < -0.39 is 11.4 Å². The first kappa shape index (κ1) is 28.5. The Kier molecular flexibility index (Phi) is 6.35. The Morgan fingerprint density at radius 2 is 1.73 bits per heavy atom. The molecule has 2 aliphatic heterocycles. The summed E-state index contributed by atoms with van der Waals surface area (Å²) in [5.41, 5.74) is 0.252. The van der Waals surface area contributed by atoms with Crippen LogP contribution >= 0.6 is 0 Å². The van der Waals surface area contributed by atoms with E-state index >= 15 is 0 Å². The van der Waals surface area contributed by atoms with Crippen molar-refractivity contribution in [1.29, 1.82) is 0 Å². The van der Waals surface area contributed by atoms with Crippen LogP contribution in [0.1, 0.15) is 119 Å². The van der Waals surface area contributed by atoms with Crippen LogP contribution in [0.3, 0.4) is 0 Å². The zero-order valence-electron chi connectivity index (χ0n) is 26.0. The monoisotopic (exact) mass is 560 g/mol. The van der Waals surface area contributed by atoms with E-state index in [1.165, 1.54) is 38.5 Å². The molecule has 0 aromatic carbocycles. The SMILES string of the molecule is C[C@@H]1C[C@H](CC(C)(C)O)O[C@@]2(O)CC3[C@@H]4CCC5C(C)(C)C(O[C@H]6C[C@@H](O)CCO6)CCC56CC46CC[C@]3(C)C12. The molecule has 2 spiro atoms. The average Bonchev–Trinajstić information content (AvgIpc) is 3.42. The third kappa shape index (κ3) is 3.94. The molecule has 0 amide bonds. The number of hydrogen-bond donors (Lipinski definition) is 3. The van der Waals surface area contributed by atoms with E-state index in [-0.39, 0.29) is 41.3 Å². The second-order valence-corrected chi connectivity index (χ2v) is 17.3. The molecule has 5 saturated carbocycles. The first-order valence-electron chi connectivity index (χ1n) is 16.7. The lowest BCUT2D eigenvalue weighted by Crippen LogP contribution is -2.56. The molecule has 7 rings (SSSR count). The predicted octanol–water partition coefficient (Wildman–Crippen LogP) is 5.80. The van der Waals surface area contributed by atoms with Crippen molar-refractivity contribution in [2.45, 2.75) is 155 Å². The third-order valence-electron chi connectivity index (χ3n) is 14.2. The van der Waals surface area contributed by atoms with Gasteiger partial charge in [-0.1, -0.05) is 27.7 Å². The molecule has 6 unspecified atom stereocenters. The van der Waals surface area contributed by atoms with Crippen molar-refractivity contribution in [2.24, 2.45) is 51.2 Å². The summed E-state index contributed by atoms with van der Waals surface area (Å²) in [6.07, 6.45) is 11.8. The van der Waals surface area contributed by atoms with Crippen molar-refractivity contribution < 1.29 is 29.5 Å². The van der Waals surface area contributed by atoms with Crippen LogP contribution in [-0.2, 0) is 14.2 Å². The van der Waals surface area contributed by atoms with Crippen molar-refractivity contribution in [3.8, 4) is 0 Å². The lowest BCUT2D eigenvalue weighted by atomic mass is 9.46. The highest BCUT2D eigenvalue weighted by molar-refractivity contribution is 5.29. The fourth-order valence-corrected chi connectivity index (χ4v) is 13.0. The van der Waals surface area contributed by atoms with Gasteiger partial charge < -0.3 is 29.5 Å². The molecular formula is C34H56O6. The van der Waals surface area contributed by atoms with Gasteiger partial charge in [0.25, 0.3) is 0 Å². The highest BCUT2D eigenvalue weighted by Crippen LogP contribution is 2.87. The van der Waals surface area contributed by atoms with Crippen LogP contribution in [0.2, 0.25) is 0 Å². The molecule has 7 aliphatic rings. The van der Waals surface area contributed by atoms with E-state index in [0.29, 0.717) is 60.4 Å². The zero-order valence-corrected chi connectivity index (χ0v) is 26.0. The molecule has 228 valence electrons. The number of hydrogen-bond acceptors (Lipinski definition) is 6. The fourth-order valence-electron chi connectivity index (χ4n) is 13.0. The van der Waals surface area contributed by atoms with Crippen LogP contribution in [-0.4, -0.2) is 57.9 Å². The van der Waals surface area contributed by atoms with Gasteiger partial charge in [-0.05, 0) is 117 Å². The van der Waals surface area contributed by atoms with Gasteiger partial charge in [0.05, 0.1) is 30.5 Å². The lowest BCUT2D eigenvalue weighted by molar-refractivity contribution is -0.299. The molecule has 13 atom stereocenters. The van der Waals surface area contributed by atoms with Crippen molar-refractivity contribution in [3.05, 3.63) is 0 Å². The Morgan fingerprint density at radius 1 is 0.950 bits per heavy atom. The van der Waals surface area contributed by atoms with Crippen LogP contribution in [0.4, 0.5) is 0 Å². The molecule has 2 heterocycles. The largest absolute Gasteiger partial charge is 0.393 e.